The second-order valence-electron chi connectivity index (χ2n) is 6.91. The number of aromatic nitrogens is 6. The predicted octanol–water partition coefficient (Wildman–Crippen LogP) is 0.909. The molecule has 15 heteroatoms. The van der Waals surface area contributed by atoms with E-state index in [2.05, 4.69) is 20.2 Å². The van der Waals surface area contributed by atoms with Crippen molar-refractivity contribution in [3.05, 3.63) is 41.3 Å². The van der Waals surface area contributed by atoms with Gasteiger partial charge in [-0.15, -0.1) is 11.8 Å². The van der Waals surface area contributed by atoms with Crippen LogP contribution in [0.15, 0.2) is 39.3 Å². The van der Waals surface area contributed by atoms with Crippen molar-refractivity contribution in [2.45, 2.75) is 48.7 Å². The monoisotopic (exact) mass is 512 g/mol. The molecule has 0 radical (unpaired) electrons. The number of imidazole rings is 2. The molecule has 33 heavy (non-hydrogen) atoms. The molecule has 12 nitrogen and oxygen atoms in total. The topological polar surface area (TPSA) is 181 Å². The molecule has 0 saturated carbocycles. The van der Waals surface area contributed by atoms with E-state index in [1.165, 1.54) is 20.8 Å². The van der Waals surface area contributed by atoms with E-state index in [4.69, 9.17) is 10.3 Å². The lowest BCUT2D eigenvalue weighted by molar-refractivity contribution is 0.585. The van der Waals surface area contributed by atoms with Crippen LogP contribution in [-0.4, -0.2) is 52.3 Å². The van der Waals surface area contributed by atoms with Gasteiger partial charge in [0.1, 0.15) is 5.03 Å². The van der Waals surface area contributed by atoms with Crippen molar-refractivity contribution >= 4 is 43.1 Å². The minimum absolute atomic E-state index is 0.0197. The Bertz CT molecular complexity index is 1540. The van der Waals surface area contributed by atoms with Crippen molar-refractivity contribution in [1.29, 1.82) is 0 Å². The highest BCUT2D eigenvalue weighted by Gasteiger charge is 2.22. The fourth-order valence-electron chi connectivity index (χ4n) is 3.13. The molecule has 0 saturated heterocycles. The molecule has 0 aliphatic carbocycles. The molecule has 0 aliphatic heterocycles. The molecule has 4 aromatic rings. The summed E-state index contributed by atoms with van der Waals surface area (Å²) in [5, 5.41) is 19.3. The summed E-state index contributed by atoms with van der Waals surface area (Å²) in [4.78, 5) is 8.39. The van der Waals surface area contributed by atoms with E-state index in [1.807, 2.05) is 20.1 Å². The number of sulfonamides is 2. The van der Waals surface area contributed by atoms with E-state index in [-0.39, 0.29) is 10.1 Å². The molecule has 0 bridgehead atoms. The van der Waals surface area contributed by atoms with E-state index >= 15 is 0 Å². The number of rotatable bonds is 5. The van der Waals surface area contributed by atoms with Crippen molar-refractivity contribution in [3.63, 3.8) is 0 Å². The summed E-state index contributed by atoms with van der Waals surface area (Å²) in [6.07, 6.45) is 2.85. The maximum Gasteiger partial charge on any atom is 0.257 e. The first-order chi connectivity index (χ1) is 15.4. The lowest BCUT2D eigenvalue weighted by atomic mass is 10.4. The summed E-state index contributed by atoms with van der Waals surface area (Å²) in [5.74, 6) is 0. The molecular formula is C18H24N8O4S3. The van der Waals surface area contributed by atoms with Gasteiger partial charge in [0.2, 0.25) is 0 Å². The van der Waals surface area contributed by atoms with Crippen LogP contribution < -0.4 is 10.3 Å². The largest absolute Gasteiger partial charge is 0.257 e. The second kappa shape index (κ2) is 9.34. The third kappa shape index (κ3) is 5.16. The Morgan fingerprint density at radius 2 is 1.27 bits per heavy atom. The van der Waals surface area contributed by atoms with Crippen LogP contribution in [0.2, 0.25) is 0 Å². The van der Waals surface area contributed by atoms with Gasteiger partial charge in [-0.1, -0.05) is 13.8 Å². The average molecular weight is 513 g/mol. The summed E-state index contributed by atoms with van der Waals surface area (Å²) >= 11 is 1.42. The van der Waals surface area contributed by atoms with Gasteiger partial charge in [-0.3, -0.25) is 0 Å². The molecule has 4 heterocycles. The first-order valence-corrected chi connectivity index (χ1v) is 14.1. The molecule has 0 atom stereocenters. The number of nitrogens with two attached hydrogens (primary N) is 2. The van der Waals surface area contributed by atoms with Crippen LogP contribution in [0.3, 0.4) is 0 Å². The number of aryl methyl sites for hydroxylation is 3. The van der Waals surface area contributed by atoms with Crippen molar-refractivity contribution in [1.82, 2.24) is 29.2 Å². The minimum atomic E-state index is -3.83. The number of primary sulfonamides is 2. The fourth-order valence-corrected chi connectivity index (χ4v) is 5.29. The molecule has 0 aromatic carbocycles. The Kier molecular flexibility index (Phi) is 7.09. The molecule has 178 valence electrons. The van der Waals surface area contributed by atoms with Crippen LogP contribution in [0.5, 0.6) is 0 Å². The van der Waals surface area contributed by atoms with Crippen molar-refractivity contribution < 1.29 is 16.8 Å². The summed E-state index contributed by atoms with van der Waals surface area (Å²) in [6.45, 7) is 5.42. The van der Waals surface area contributed by atoms with Gasteiger partial charge in [-0.25, -0.2) is 41.6 Å². The van der Waals surface area contributed by atoms with Crippen molar-refractivity contribution in [2.24, 2.45) is 10.3 Å². The van der Waals surface area contributed by atoms with Crippen molar-refractivity contribution in [3.8, 4) is 0 Å². The SMILES string of the molecule is CCc1nc2ccc(C)nn2c1S(N)(=O)=O.CCc1nc2ccc(SC)nn2c1S(N)(=O)=O. The summed E-state index contributed by atoms with van der Waals surface area (Å²) in [5.41, 5.74) is 2.58. The molecule has 4 rings (SSSR count). The van der Waals surface area contributed by atoms with E-state index < -0.39 is 20.0 Å². The lowest BCUT2D eigenvalue weighted by Gasteiger charge is -2.01. The Morgan fingerprint density at radius 3 is 1.70 bits per heavy atom. The zero-order valence-corrected chi connectivity index (χ0v) is 20.9. The highest BCUT2D eigenvalue weighted by Crippen LogP contribution is 2.19. The van der Waals surface area contributed by atoms with Crippen LogP contribution in [0.25, 0.3) is 11.3 Å². The lowest BCUT2D eigenvalue weighted by Crippen LogP contribution is -2.17. The van der Waals surface area contributed by atoms with Gasteiger partial charge in [0.25, 0.3) is 20.0 Å². The van der Waals surface area contributed by atoms with Gasteiger partial charge in [0.05, 0.1) is 17.1 Å². The smallest absolute Gasteiger partial charge is 0.231 e. The zero-order valence-electron chi connectivity index (χ0n) is 18.4. The van der Waals surface area contributed by atoms with Crippen LogP contribution in [-0.2, 0) is 32.9 Å². The standard InChI is InChI=1S/C9H12N4O2S2.C9H12N4O2S/c1-3-6-9(17(10,14)15)13-7(11-6)4-5-8(12-13)16-2;1-3-7-9(16(10,14)15)13-8(11-7)5-4-6(2)12-13/h4-5H,3H2,1-2H3,(H2,10,14,15);4-5H,3H2,1-2H3,(H2,10,14,15). The Hall–Kier alpha value is -2.59. The Balaban J connectivity index is 0.000000186. The first-order valence-electron chi connectivity index (χ1n) is 9.74. The normalized spacial score (nSPS) is 12.2. The highest BCUT2D eigenvalue weighted by molar-refractivity contribution is 7.98. The Morgan fingerprint density at radius 1 is 0.818 bits per heavy atom. The van der Waals surface area contributed by atoms with Gasteiger partial charge < -0.3 is 0 Å². The minimum Gasteiger partial charge on any atom is -0.231 e. The van der Waals surface area contributed by atoms with E-state index in [1.54, 1.807) is 31.2 Å². The van der Waals surface area contributed by atoms with Crippen LogP contribution in [0, 0.1) is 6.92 Å². The number of fused-ring (bicyclic) bond motifs is 2. The van der Waals surface area contributed by atoms with Gasteiger partial charge in [-0.2, -0.15) is 14.7 Å². The molecule has 0 spiro atoms. The van der Waals surface area contributed by atoms with E-state index in [0.29, 0.717) is 46.2 Å². The molecule has 0 unspecified atom stereocenters. The predicted molar refractivity (Wildman–Crippen MR) is 124 cm³/mol. The molecule has 0 aliphatic rings. The summed E-state index contributed by atoms with van der Waals surface area (Å²) in [6, 6.07) is 7.01. The quantitative estimate of drug-likeness (QED) is 0.367. The van der Waals surface area contributed by atoms with Gasteiger partial charge >= 0.3 is 0 Å². The van der Waals surface area contributed by atoms with Gasteiger partial charge in [-0.05, 0) is 50.3 Å². The molecular weight excluding hydrogens is 488 g/mol. The first kappa shape index (κ1) is 25.0. The van der Waals surface area contributed by atoms with E-state index in [0.717, 1.165) is 0 Å². The number of hydrogen-bond acceptors (Lipinski definition) is 9. The fraction of sp³-hybridized carbons (Fsp3) is 0.333. The summed E-state index contributed by atoms with van der Waals surface area (Å²) in [7, 11) is -7.63. The number of thioether (sulfide) groups is 1. The highest BCUT2D eigenvalue weighted by atomic mass is 32.2. The van der Waals surface area contributed by atoms with Gasteiger partial charge in [0.15, 0.2) is 21.3 Å². The zero-order chi connectivity index (χ0) is 24.6. The number of hydrogen-bond donors (Lipinski definition) is 2. The van der Waals surface area contributed by atoms with Crippen LogP contribution in [0.4, 0.5) is 0 Å². The number of nitrogens with zero attached hydrogens (tertiary/aromatic N) is 6. The summed E-state index contributed by atoms with van der Waals surface area (Å²) < 4.78 is 48.6. The third-order valence-electron chi connectivity index (χ3n) is 4.53. The van der Waals surface area contributed by atoms with Crippen LogP contribution >= 0.6 is 11.8 Å². The molecule has 0 fully saturated rings. The van der Waals surface area contributed by atoms with Gasteiger partial charge in [0, 0.05) is 0 Å². The van der Waals surface area contributed by atoms with Crippen LogP contribution in [0.1, 0.15) is 30.9 Å². The second-order valence-corrected chi connectivity index (χ2v) is 10.7. The molecule has 4 aromatic heterocycles. The Labute approximate surface area is 195 Å². The molecule has 0 amide bonds. The van der Waals surface area contributed by atoms with Crippen molar-refractivity contribution in [2.75, 3.05) is 6.26 Å². The van der Waals surface area contributed by atoms with E-state index in [9.17, 15) is 16.8 Å². The maximum absolute atomic E-state index is 11.6. The maximum atomic E-state index is 11.6. The molecule has 4 N–H and O–H groups in total. The third-order valence-corrected chi connectivity index (χ3v) is 7.07. The average Bonchev–Trinajstić information content (AvgIpc) is 3.30.